The normalized spacial score (nSPS) is 25.2. The van der Waals surface area contributed by atoms with Crippen LogP contribution >= 0.6 is 0 Å². The number of hydrogen-bond donors (Lipinski definition) is 0. The highest BCUT2D eigenvalue weighted by Crippen LogP contribution is 2.42. The fourth-order valence-electron chi connectivity index (χ4n) is 2.76. The molecule has 2 fully saturated rings. The van der Waals surface area contributed by atoms with Crippen LogP contribution in [0.15, 0.2) is 18.3 Å². The number of hydrogen-bond acceptors (Lipinski definition) is 4. The zero-order valence-corrected chi connectivity index (χ0v) is 13.1. The summed E-state index contributed by atoms with van der Waals surface area (Å²) >= 11 is 0. The van der Waals surface area contributed by atoms with Gasteiger partial charge in [-0.25, -0.2) is 0 Å². The Morgan fingerprint density at radius 2 is 1.76 bits per heavy atom. The molecule has 3 rings (SSSR count). The number of nitriles is 1. The first-order valence-electron chi connectivity index (χ1n) is 7.53. The molecule has 0 aromatic carbocycles. The number of pyridine rings is 1. The van der Waals surface area contributed by atoms with Crippen LogP contribution in [0.1, 0.15) is 52.7 Å². The van der Waals surface area contributed by atoms with Crippen LogP contribution in [0.4, 0.5) is 0 Å². The van der Waals surface area contributed by atoms with Gasteiger partial charge in [0.15, 0.2) is 0 Å². The number of aromatic nitrogens is 1. The second-order valence-electron chi connectivity index (χ2n) is 7.11. The van der Waals surface area contributed by atoms with Crippen LogP contribution in [0.25, 0.3) is 0 Å². The third kappa shape index (κ3) is 2.18. The van der Waals surface area contributed by atoms with Gasteiger partial charge in [-0.05, 0) is 53.0 Å². The summed E-state index contributed by atoms with van der Waals surface area (Å²) in [5.41, 5.74) is 0.714. The molecule has 2 aliphatic rings. The zero-order chi connectivity index (χ0) is 15.3. The predicted octanol–water partition coefficient (Wildman–Crippen LogP) is 2.33. The van der Waals surface area contributed by atoms with Crippen LogP contribution in [0, 0.1) is 11.3 Å². The van der Waals surface area contributed by atoms with Gasteiger partial charge in [-0.15, -0.1) is 0 Å². The average Bonchev–Trinajstić information content (AvgIpc) is 2.59. The van der Waals surface area contributed by atoms with E-state index in [1.165, 1.54) is 0 Å². The Morgan fingerprint density at radius 3 is 2.14 bits per heavy atom. The van der Waals surface area contributed by atoms with Crippen LogP contribution < -0.4 is 5.46 Å². The lowest BCUT2D eigenvalue weighted by Gasteiger charge is -2.34. The Balaban J connectivity index is 1.82. The van der Waals surface area contributed by atoms with Crippen LogP contribution in [0.3, 0.4) is 0 Å². The molecular weight excluding hydrogens is 263 g/mol. The van der Waals surface area contributed by atoms with Crippen molar-refractivity contribution in [3.63, 3.8) is 0 Å². The number of nitrogens with zero attached hydrogens (tertiary/aromatic N) is 2. The molecule has 0 unspecified atom stereocenters. The lowest BCUT2D eigenvalue weighted by Crippen LogP contribution is -2.41. The topological polar surface area (TPSA) is 55.1 Å². The number of rotatable bonds is 2. The molecule has 0 atom stereocenters. The minimum Gasteiger partial charge on any atom is -0.399 e. The van der Waals surface area contributed by atoms with E-state index in [9.17, 15) is 5.26 Å². The first kappa shape index (κ1) is 14.6. The van der Waals surface area contributed by atoms with Crippen LogP contribution in [-0.2, 0) is 14.7 Å². The Kier molecular flexibility index (Phi) is 3.16. The molecule has 21 heavy (non-hydrogen) atoms. The Hall–Kier alpha value is -1.38. The maximum Gasteiger partial charge on any atom is 0.496 e. The van der Waals surface area contributed by atoms with Gasteiger partial charge in [-0.1, -0.05) is 6.07 Å². The van der Waals surface area contributed by atoms with Crippen molar-refractivity contribution < 1.29 is 9.31 Å². The van der Waals surface area contributed by atoms with Crippen molar-refractivity contribution in [2.75, 3.05) is 0 Å². The molecule has 1 saturated carbocycles. The van der Waals surface area contributed by atoms with Gasteiger partial charge >= 0.3 is 7.12 Å². The van der Waals surface area contributed by atoms with Gasteiger partial charge in [-0.3, -0.25) is 4.98 Å². The molecule has 1 saturated heterocycles. The summed E-state index contributed by atoms with van der Waals surface area (Å²) in [6.45, 7) is 8.14. The van der Waals surface area contributed by atoms with Gasteiger partial charge in [0.25, 0.3) is 0 Å². The summed E-state index contributed by atoms with van der Waals surface area (Å²) in [5, 5.41) is 9.37. The summed E-state index contributed by atoms with van der Waals surface area (Å²) in [6.07, 6.45) is 4.71. The highest BCUT2D eigenvalue weighted by molar-refractivity contribution is 6.62. The molecule has 0 N–H and O–H groups in total. The van der Waals surface area contributed by atoms with E-state index in [2.05, 4.69) is 11.1 Å². The summed E-state index contributed by atoms with van der Waals surface area (Å²) in [7, 11) is -0.393. The fraction of sp³-hybridized carbons (Fsp3) is 0.625. The van der Waals surface area contributed by atoms with Crippen molar-refractivity contribution in [3.8, 4) is 6.07 Å². The molecular formula is C16H21BN2O2. The molecule has 5 heteroatoms. The van der Waals surface area contributed by atoms with Crippen molar-refractivity contribution in [2.45, 2.75) is 63.6 Å². The molecule has 1 aromatic heterocycles. The quantitative estimate of drug-likeness (QED) is 0.782. The van der Waals surface area contributed by atoms with E-state index in [1.54, 1.807) is 6.20 Å². The van der Waals surface area contributed by atoms with Crippen LogP contribution in [0.5, 0.6) is 0 Å². The van der Waals surface area contributed by atoms with Gasteiger partial charge in [0.1, 0.15) is 0 Å². The van der Waals surface area contributed by atoms with E-state index in [0.717, 1.165) is 30.4 Å². The lowest BCUT2D eigenvalue weighted by molar-refractivity contribution is 0.00578. The first-order valence-corrected chi connectivity index (χ1v) is 7.53. The molecule has 0 radical (unpaired) electrons. The van der Waals surface area contributed by atoms with E-state index in [1.807, 2.05) is 39.8 Å². The predicted molar refractivity (Wildman–Crippen MR) is 81.1 cm³/mol. The summed E-state index contributed by atoms with van der Waals surface area (Å²) in [6, 6.07) is 6.34. The summed E-state index contributed by atoms with van der Waals surface area (Å²) in [4.78, 5) is 4.50. The average molecular weight is 284 g/mol. The molecule has 4 nitrogen and oxygen atoms in total. The monoisotopic (exact) mass is 284 g/mol. The Morgan fingerprint density at radius 1 is 1.14 bits per heavy atom. The molecule has 1 aromatic rings. The maximum absolute atomic E-state index is 9.37. The van der Waals surface area contributed by atoms with Crippen molar-refractivity contribution >= 4 is 12.6 Å². The van der Waals surface area contributed by atoms with Crippen molar-refractivity contribution in [1.29, 1.82) is 5.26 Å². The van der Waals surface area contributed by atoms with Crippen LogP contribution in [-0.4, -0.2) is 23.3 Å². The van der Waals surface area contributed by atoms with Crippen molar-refractivity contribution in [1.82, 2.24) is 4.98 Å². The minimum atomic E-state index is -0.393. The van der Waals surface area contributed by atoms with Crippen LogP contribution in [0.2, 0.25) is 0 Å². The molecule has 0 spiro atoms. The minimum absolute atomic E-state index is 0.349. The maximum atomic E-state index is 9.37. The van der Waals surface area contributed by atoms with E-state index < -0.39 is 7.12 Å². The zero-order valence-electron chi connectivity index (χ0n) is 13.1. The molecule has 110 valence electrons. The third-order valence-electron chi connectivity index (χ3n) is 5.22. The van der Waals surface area contributed by atoms with E-state index >= 15 is 0 Å². The third-order valence-corrected chi connectivity index (χ3v) is 5.22. The molecule has 0 amide bonds. The molecule has 0 bridgehead atoms. The molecule has 1 aliphatic carbocycles. The largest absolute Gasteiger partial charge is 0.496 e. The summed E-state index contributed by atoms with van der Waals surface area (Å²) in [5.74, 6) is 0. The molecule has 2 heterocycles. The lowest BCUT2D eigenvalue weighted by atomic mass is 9.67. The fourth-order valence-corrected chi connectivity index (χ4v) is 2.76. The second-order valence-corrected chi connectivity index (χ2v) is 7.11. The van der Waals surface area contributed by atoms with E-state index in [-0.39, 0.29) is 16.6 Å². The van der Waals surface area contributed by atoms with Gasteiger partial charge in [0.2, 0.25) is 0 Å². The van der Waals surface area contributed by atoms with Gasteiger partial charge in [0, 0.05) is 11.7 Å². The highest BCUT2D eigenvalue weighted by atomic mass is 16.7. The standard InChI is InChI=1S/C16H21BN2O2/c1-14(2)15(3,4)21-17(20-14)12-6-7-13(19-10-12)16(11-18)8-5-9-16/h6-7,10H,5,8-9H2,1-4H3. The Labute approximate surface area is 126 Å². The molecule has 1 aliphatic heterocycles. The second kappa shape index (κ2) is 4.56. The van der Waals surface area contributed by atoms with E-state index in [4.69, 9.17) is 9.31 Å². The van der Waals surface area contributed by atoms with Crippen molar-refractivity contribution in [2.24, 2.45) is 0 Å². The van der Waals surface area contributed by atoms with E-state index in [0.29, 0.717) is 0 Å². The highest BCUT2D eigenvalue weighted by Gasteiger charge is 2.52. The smallest absolute Gasteiger partial charge is 0.399 e. The van der Waals surface area contributed by atoms with Crippen molar-refractivity contribution in [3.05, 3.63) is 24.0 Å². The Bertz CT molecular complexity index is 569. The summed E-state index contributed by atoms with van der Waals surface area (Å²) < 4.78 is 12.0. The van der Waals surface area contributed by atoms with Gasteiger partial charge < -0.3 is 9.31 Å². The first-order chi connectivity index (χ1) is 9.80. The van der Waals surface area contributed by atoms with Gasteiger partial charge in [-0.2, -0.15) is 5.26 Å². The van der Waals surface area contributed by atoms with Gasteiger partial charge in [0.05, 0.1) is 28.4 Å². The SMILES string of the molecule is CC1(C)OB(c2ccc(C3(C#N)CCC3)nc2)OC1(C)C.